The number of hydrogen-bond donors (Lipinski definition) is 2. The minimum absolute atomic E-state index is 0.161. The number of hydrogen-bond acceptors (Lipinski definition) is 4. The first-order valence-electron chi connectivity index (χ1n) is 7.59. The molecule has 0 aliphatic carbocycles. The van der Waals surface area contributed by atoms with Crippen molar-refractivity contribution >= 4 is 21.7 Å². The molecule has 0 aromatic heterocycles. The molecule has 6 nitrogen and oxygen atoms in total. The highest BCUT2D eigenvalue weighted by Gasteiger charge is 2.19. The third-order valence-corrected chi connectivity index (χ3v) is 4.36. The SMILES string of the molecule is CS(=O)(=O)Cc1cccc(C(=O)NC(CC(=O)O)c2ccccc2)c1. The maximum Gasteiger partial charge on any atom is 0.305 e. The summed E-state index contributed by atoms with van der Waals surface area (Å²) in [6, 6.07) is 14.4. The fraction of sp³-hybridized carbons (Fsp3) is 0.222. The smallest absolute Gasteiger partial charge is 0.305 e. The Kier molecular flexibility index (Phi) is 5.93. The predicted molar refractivity (Wildman–Crippen MR) is 93.9 cm³/mol. The van der Waals surface area contributed by atoms with Crippen LogP contribution >= 0.6 is 0 Å². The monoisotopic (exact) mass is 361 g/mol. The lowest BCUT2D eigenvalue weighted by Crippen LogP contribution is -2.30. The molecule has 0 bridgehead atoms. The number of carbonyl (C=O) groups is 2. The molecule has 0 fully saturated rings. The number of aliphatic carboxylic acids is 1. The van der Waals surface area contributed by atoms with Crippen molar-refractivity contribution in [3.63, 3.8) is 0 Å². The number of benzene rings is 2. The van der Waals surface area contributed by atoms with Gasteiger partial charge in [0.15, 0.2) is 9.84 Å². The number of carboxylic acid groups (broad SMARTS) is 1. The molecule has 0 aliphatic heterocycles. The van der Waals surface area contributed by atoms with E-state index in [4.69, 9.17) is 5.11 Å². The van der Waals surface area contributed by atoms with Crippen LogP contribution < -0.4 is 5.32 Å². The second-order valence-corrected chi connectivity index (χ2v) is 7.95. The van der Waals surface area contributed by atoms with Gasteiger partial charge in [0.05, 0.1) is 18.2 Å². The zero-order chi connectivity index (χ0) is 18.4. The number of nitrogens with one attached hydrogen (secondary N) is 1. The summed E-state index contributed by atoms with van der Waals surface area (Å²) in [6.07, 6.45) is 0.872. The summed E-state index contributed by atoms with van der Waals surface area (Å²) in [6.45, 7) is 0. The van der Waals surface area contributed by atoms with Crippen LogP contribution in [0.1, 0.15) is 33.9 Å². The lowest BCUT2D eigenvalue weighted by molar-refractivity contribution is -0.137. The average Bonchev–Trinajstić information content (AvgIpc) is 2.53. The summed E-state index contributed by atoms with van der Waals surface area (Å²) in [5.41, 5.74) is 1.47. The van der Waals surface area contributed by atoms with Crippen molar-refractivity contribution in [3.8, 4) is 0 Å². The van der Waals surface area contributed by atoms with Crippen molar-refractivity contribution in [2.75, 3.05) is 6.26 Å². The van der Waals surface area contributed by atoms with E-state index in [1.807, 2.05) is 0 Å². The van der Waals surface area contributed by atoms with Crippen LogP contribution in [0.3, 0.4) is 0 Å². The third kappa shape index (κ3) is 6.04. The average molecular weight is 361 g/mol. The topological polar surface area (TPSA) is 101 Å². The number of carboxylic acids is 1. The zero-order valence-electron chi connectivity index (χ0n) is 13.7. The van der Waals surface area contributed by atoms with E-state index in [0.717, 1.165) is 6.26 Å². The third-order valence-electron chi connectivity index (χ3n) is 3.50. The fourth-order valence-electron chi connectivity index (χ4n) is 2.46. The molecule has 0 saturated carbocycles. The van der Waals surface area contributed by atoms with Gasteiger partial charge < -0.3 is 10.4 Å². The van der Waals surface area contributed by atoms with E-state index in [1.54, 1.807) is 48.5 Å². The summed E-state index contributed by atoms with van der Waals surface area (Å²) in [5, 5.41) is 11.8. The van der Waals surface area contributed by atoms with Crippen LogP contribution in [0.4, 0.5) is 0 Å². The molecule has 2 rings (SSSR count). The number of carbonyl (C=O) groups excluding carboxylic acids is 1. The first-order valence-corrected chi connectivity index (χ1v) is 9.65. The van der Waals surface area contributed by atoms with Crippen LogP contribution in [0, 0.1) is 0 Å². The maximum atomic E-state index is 12.5. The van der Waals surface area contributed by atoms with E-state index in [9.17, 15) is 18.0 Å². The molecule has 0 heterocycles. The first kappa shape index (κ1) is 18.7. The number of rotatable bonds is 7. The molecule has 0 aliphatic rings. The summed E-state index contributed by atoms with van der Waals surface area (Å²) >= 11 is 0. The maximum absolute atomic E-state index is 12.5. The van der Waals surface area contributed by atoms with Gasteiger partial charge >= 0.3 is 5.97 Å². The van der Waals surface area contributed by atoms with Crippen molar-refractivity contribution in [3.05, 3.63) is 71.3 Å². The molecule has 0 radical (unpaired) electrons. The highest BCUT2D eigenvalue weighted by molar-refractivity contribution is 7.89. The van der Waals surface area contributed by atoms with Crippen molar-refractivity contribution in [2.24, 2.45) is 0 Å². The van der Waals surface area contributed by atoms with Crippen molar-refractivity contribution in [1.82, 2.24) is 5.32 Å². The van der Waals surface area contributed by atoms with Crippen molar-refractivity contribution < 1.29 is 23.1 Å². The van der Waals surface area contributed by atoms with E-state index in [2.05, 4.69) is 5.32 Å². The first-order chi connectivity index (χ1) is 11.7. The summed E-state index contributed by atoms with van der Waals surface area (Å²) in [4.78, 5) is 23.6. The van der Waals surface area contributed by atoms with Crippen LogP contribution in [0.5, 0.6) is 0 Å². The molecule has 7 heteroatoms. The normalized spacial score (nSPS) is 12.4. The molecular formula is C18H19NO5S. The molecule has 132 valence electrons. The predicted octanol–water partition coefficient (Wildman–Crippen LogP) is 2.18. The Morgan fingerprint density at radius 2 is 1.76 bits per heavy atom. The Balaban J connectivity index is 2.21. The highest BCUT2D eigenvalue weighted by atomic mass is 32.2. The van der Waals surface area contributed by atoms with Gasteiger partial charge in [0, 0.05) is 11.8 Å². The van der Waals surface area contributed by atoms with E-state index < -0.39 is 27.8 Å². The Labute approximate surface area is 146 Å². The molecule has 0 spiro atoms. The van der Waals surface area contributed by atoms with Crippen LogP contribution in [-0.4, -0.2) is 31.7 Å². The van der Waals surface area contributed by atoms with E-state index in [-0.39, 0.29) is 17.7 Å². The quantitative estimate of drug-likeness (QED) is 0.787. The summed E-state index contributed by atoms with van der Waals surface area (Å²) in [5.74, 6) is -1.64. The molecule has 1 atom stereocenters. The van der Waals surface area contributed by atoms with Crippen molar-refractivity contribution in [2.45, 2.75) is 18.2 Å². The highest BCUT2D eigenvalue weighted by Crippen LogP contribution is 2.18. The molecule has 2 N–H and O–H groups in total. The molecule has 2 aromatic rings. The van der Waals surface area contributed by atoms with Gasteiger partial charge in [-0.05, 0) is 23.3 Å². The lowest BCUT2D eigenvalue weighted by Gasteiger charge is -2.17. The van der Waals surface area contributed by atoms with Gasteiger partial charge in [0.2, 0.25) is 0 Å². The Morgan fingerprint density at radius 1 is 1.08 bits per heavy atom. The van der Waals surface area contributed by atoms with E-state index >= 15 is 0 Å². The molecule has 0 saturated heterocycles. The molecule has 1 unspecified atom stereocenters. The Hall–Kier alpha value is -2.67. The van der Waals surface area contributed by atoms with E-state index in [0.29, 0.717) is 11.1 Å². The van der Waals surface area contributed by atoms with Gasteiger partial charge in [-0.2, -0.15) is 0 Å². The largest absolute Gasteiger partial charge is 0.481 e. The van der Waals surface area contributed by atoms with Crippen LogP contribution in [0.15, 0.2) is 54.6 Å². The zero-order valence-corrected chi connectivity index (χ0v) is 14.5. The summed E-state index contributed by atoms with van der Waals surface area (Å²) < 4.78 is 22.8. The summed E-state index contributed by atoms with van der Waals surface area (Å²) in [7, 11) is -3.21. The molecule has 25 heavy (non-hydrogen) atoms. The lowest BCUT2D eigenvalue weighted by atomic mass is 10.0. The van der Waals surface area contributed by atoms with Crippen LogP contribution in [0.25, 0.3) is 0 Å². The minimum atomic E-state index is -3.21. The Morgan fingerprint density at radius 3 is 2.36 bits per heavy atom. The second-order valence-electron chi connectivity index (χ2n) is 5.81. The minimum Gasteiger partial charge on any atom is -0.481 e. The van der Waals surface area contributed by atoms with Gasteiger partial charge in [-0.15, -0.1) is 0 Å². The molecule has 1 amide bonds. The standard InChI is InChI=1S/C18H19NO5S/c1-25(23,24)12-13-6-5-9-15(10-13)18(22)19-16(11-17(20)21)14-7-3-2-4-8-14/h2-10,16H,11-12H2,1H3,(H,19,22)(H,20,21). The number of amides is 1. The van der Waals surface area contributed by atoms with E-state index in [1.165, 1.54) is 6.07 Å². The number of sulfone groups is 1. The fourth-order valence-corrected chi connectivity index (χ4v) is 3.24. The van der Waals surface area contributed by atoms with Gasteiger partial charge in [-0.3, -0.25) is 9.59 Å². The van der Waals surface area contributed by atoms with Gasteiger partial charge in [0.25, 0.3) is 5.91 Å². The van der Waals surface area contributed by atoms with Gasteiger partial charge in [0.1, 0.15) is 0 Å². The van der Waals surface area contributed by atoms with Crippen molar-refractivity contribution in [1.29, 1.82) is 0 Å². The second kappa shape index (κ2) is 7.94. The van der Waals surface area contributed by atoms with Gasteiger partial charge in [-0.1, -0.05) is 42.5 Å². The Bertz CT molecular complexity index is 862. The van der Waals surface area contributed by atoms with Crippen LogP contribution in [0.2, 0.25) is 0 Å². The van der Waals surface area contributed by atoms with Crippen LogP contribution in [-0.2, 0) is 20.4 Å². The molecule has 2 aromatic carbocycles. The molecular weight excluding hydrogens is 342 g/mol. The van der Waals surface area contributed by atoms with Gasteiger partial charge in [-0.25, -0.2) is 8.42 Å².